The van der Waals surface area contributed by atoms with Crippen LogP contribution in [0.15, 0.2) is 0 Å². The topological polar surface area (TPSA) is 43.8 Å². The average Bonchev–Trinajstić information content (AvgIpc) is 2.18. The molecule has 0 unspecified atom stereocenters. The summed E-state index contributed by atoms with van der Waals surface area (Å²) in [7, 11) is 3.91. The predicted octanol–water partition coefficient (Wildman–Crippen LogP) is -0.336. The first kappa shape index (κ1) is 8.49. The van der Waals surface area contributed by atoms with Crippen LogP contribution in [0.3, 0.4) is 0 Å². The van der Waals surface area contributed by atoms with Crippen LogP contribution in [-0.4, -0.2) is 54.2 Å². The Hall–Kier alpha value is -0.610. The van der Waals surface area contributed by atoms with Crippen LogP contribution in [0.4, 0.5) is 0 Å². The number of likely N-dealkylation sites (N-methyl/N-ethyl adjacent to an activating group) is 2. The summed E-state index contributed by atoms with van der Waals surface area (Å²) in [5.74, 6) is -0.726. The Morgan fingerprint density at radius 2 is 1.91 bits per heavy atom. The smallest absolute Gasteiger partial charge is 0.306 e. The predicted molar refractivity (Wildman–Crippen MR) is 41.3 cm³/mol. The number of nitrogens with zero attached hydrogens (tertiary/aromatic N) is 2. The molecule has 0 aromatic heterocycles. The molecule has 1 fully saturated rings. The lowest BCUT2D eigenvalue weighted by molar-refractivity contribution is -0.139. The number of carboxylic acid groups (broad SMARTS) is 1. The number of carbonyl (C=O) groups is 1. The molecule has 1 N–H and O–H groups in total. The zero-order valence-corrected chi connectivity index (χ0v) is 6.95. The first-order valence-electron chi connectivity index (χ1n) is 3.73. The van der Waals surface area contributed by atoms with Crippen molar-refractivity contribution in [1.82, 2.24) is 9.80 Å². The minimum atomic E-state index is -0.726. The van der Waals surface area contributed by atoms with Gasteiger partial charge in [0.1, 0.15) is 0 Å². The highest BCUT2D eigenvalue weighted by molar-refractivity contribution is 5.67. The molecule has 1 rings (SSSR count). The number of aliphatic carboxylic acids is 1. The highest BCUT2D eigenvalue weighted by Crippen LogP contribution is 2.12. The third-order valence-electron chi connectivity index (χ3n) is 2.18. The summed E-state index contributed by atoms with van der Waals surface area (Å²) in [6, 6.07) is 0. The summed E-state index contributed by atoms with van der Waals surface area (Å²) in [6.07, 6.45) is 0.306. The van der Waals surface area contributed by atoms with E-state index in [-0.39, 0.29) is 12.6 Å². The fraction of sp³-hybridized carbons (Fsp3) is 0.857. The molecule has 0 aromatic carbocycles. The largest absolute Gasteiger partial charge is 0.481 e. The molecule has 0 radical (unpaired) electrons. The van der Waals surface area contributed by atoms with E-state index in [1.165, 1.54) is 0 Å². The molecule has 0 saturated carbocycles. The molecular weight excluding hydrogens is 144 g/mol. The van der Waals surface area contributed by atoms with Gasteiger partial charge in [-0.2, -0.15) is 0 Å². The Morgan fingerprint density at radius 3 is 2.27 bits per heavy atom. The summed E-state index contributed by atoms with van der Waals surface area (Å²) < 4.78 is 0. The van der Waals surface area contributed by atoms with E-state index in [1.54, 1.807) is 0 Å². The first-order chi connectivity index (χ1) is 5.11. The molecule has 1 aliphatic rings. The van der Waals surface area contributed by atoms with Gasteiger partial charge in [0.2, 0.25) is 0 Å². The van der Waals surface area contributed by atoms with Crippen molar-refractivity contribution in [3.63, 3.8) is 0 Å². The molecule has 0 amide bonds. The van der Waals surface area contributed by atoms with Crippen LogP contribution >= 0.6 is 0 Å². The second-order valence-electron chi connectivity index (χ2n) is 3.04. The van der Waals surface area contributed by atoms with Gasteiger partial charge in [-0.25, -0.2) is 0 Å². The van der Waals surface area contributed by atoms with Crippen LogP contribution in [0.25, 0.3) is 0 Å². The van der Waals surface area contributed by atoms with Crippen LogP contribution < -0.4 is 0 Å². The van der Waals surface area contributed by atoms with E-state index in [0.717, 1.165) is 13.1 Å². The molecule has 1 saturated heterocycles. The van der Waals surface area contributed by atoms with Gasteiger partial charge < -0.3 is 5.11 Å². The van der Waals surface area contributed by atoms with Gasteiger partial charge in [0.05, 0.1) is 12.6 Å². The fourth-order valence-corrected chi connectivity index (χ4v) is 1.42. The third-order valence-corrected chi connectivity index (χ3v) is 2.18. The molecular formula is C7H14N2O2. The monoisotopic (exact) mass is 158 g/mol. The van der Waals surface area contributed by atoms with Gasteiger partial charge in [0.15, 0.2) is 0 Å². The maximum atomic E-state index is 10.4. The Bertz CT molecular complexity index is 151. The molecule has 0 aromatic rings. The van der Waals surface area contributed by atoms with Gasteiger partial charge in [-0.3, -0.25) is 14.6 Å². The van der Waals surface area contributed by atoms with E-state index >= 15 is 0 Å². The van der Waals surface area contributed by atoms with Crippen LogP contribution in [0, 0.1) is 0 Å². The van der Waals surface area contributed by atoms with Crippen molar-refractivity contribution in [3.8, 4) is 0 Å². The zero-order valence-electron chi connectivity index (χ0n) is 6.95. The zero-order chi connectivity index (χ0) is 8.43. The quantitative estimate of drug-likeness (QED) is 0.597. The highest BCUT2D eigenvalue weighted by Gasteiger charge is 2.27. The summed E-state index contributed by atoms with van der Waals surface area (Å²) in [5.41, 5.74) is 0. The van der Waals surface area contributed by atoms with Gasteiger partial charge in [-0.15, -0.1) is 0 Å². The molecule has 4 heteroatoms. The minimum absolute atomic E-state index is 0.0903. The Morgan fingerprint density at radius 1 is 1.45 bits per heavy atom. The SMILES string of the molecule is CN1CCN(C)C1CC(=O)O. The minimum Gasteiger partial charge on any atom is -0.481 e. The average molecular weight is 158 g/mol. The summed E-state index contributed by atoms with van der Waals surface area (Å²) >= 11 is 0. The Kier molecular flexibility index (Phi) is 2.46. The Balaban J connectivity index is 2.47. The standard InChI is InChI=1S/C7H14N2O2/c1-8-3-4-9(2)6(8)5-7(10)11/h6H,3-5H2,1-2H3,(H,10,11). The summed E-state index contributed by atoms with van der Waals surface area (Å²) in [6.45, 7) is 1.93. The second-order valence-corrected chi connectivity index (χ2v) is 3.04. The van der Waals surface area contributed by atoms with Gasteiger partial charge in [-0.05, 0) is 14.1 Å². The first-order valence-corrected chi connectivity index (χ1v) is 3.73. The van der Waals surface area contributed by atoms with E-state index in [2.05, 4.69) is 9.80 Å². The van der Waals surface area contributed by atoms with Crippen molar-refractivity contribution in [3.05, 3.63) is 0 Å². The maximum absolute atomic E-state index is 10.4. The number of carboxylic acids is 1. The van der Waals surface area contributed by atoms with E-state index in [4.69, 9.17) is 5.11 Å². The number of hydrogen-bond acceptors (Lipinski definition) is 3. The van der Waals surface area contributed by atoms with E-state index < -0.39 is 5.97 Å². The van der Waals surface area contributed by atoms with Crippen molar-refractivity contribution in [2.45, 2.75) is 12.6 Å². The van der Waals surface area contributed by atoms with E-state index in [1.807, 2.05) is 14.1 Å². The molecule has 0 aliphatic carbocycles. The molecule has 11 heavy (non-hydrogen) atoms. The molecule has 64 valence electrons. The lowest BCUT2D eigenvalue weighted by Crippen LogP contribution is -2.36. The van der Waals surface area contributed by atoms with Crippen LogP contribution in [0.1, 0.15) is 6.42 Å². The van der Waals surface area contributed by atoms with Gasteiger partial charge in [0.25, 0.3) is 0 Å². The van der Waals surface area contributed by atoms with Gasteiger partial charge >= 0.3 is 5.97 Å². The highest BCUT2D eigenvalue weighted by atomic mass is 16.4. The lowest BCUT2D eigenvalue weighted by atomic mass is 10.3. The normalized spacial score (nSPS) is 22.7. The van der Waals surface area contributed by atoms with Crippen LogP contribution in [0.5, 0.6) is 0 Å². The van der Waals surface area contributed by atoms with Crippen molar-refractivity contribution >= 4 is 5.97 Å². The fourth-order valence-electron chi connectivity index (χ4n) is 1.42. The molecule has 0 bridgehead atoms. The maximum Gasteiger partial charge on any atom is 0.306 e. The Labute approximate surface area is 66.4 Å². The van der Waals surface area contributed by atoms with Crippen molar-refractivity contribution in [1.29, 1.82) is 0 Å². The van der Waals surface area contributed by atoms with Gasteiger partial charge in [-0.1, -0.05) is 0 Å². The van der Waals surface area contributed by atoms with Gasteiger partial charge in [0, 0.05) is 13.1 Å². The van der Waals surface area contributed by atoms with Crippen molar-refractivity contribution in [2.24, 2.45) is 0 Å². The van der Waals surface area contributed by atoms with E-state index in [0.29, 0.717) is 0 Å². The summed E-state index contributed by atoms with van der Waals surface area (Å²) in [4.78, 5) is 14.5. The van der Waals surface area contributed by atoms with E-state index in [9.17, 15) is 4.79 Å². The molecule has 0 atom stereocenters. The third kappa shape index (κ3) is 1.91. The van der Waals surface area contributed by atoms with Crippen molar-refractivity contribution < 1.29 is 9.90 Å². The second kappa shape index (κ2) is 3.19. The summed E-state index contributed by atoms with van der Waals surface area (Å²) in [5, 5.41) is 8.56. The number of hydrogen-bond donors (Lipinski definition) is 1. The molecule has 0 spiro atoms. The van der Waals surface area contributed by atoms with Crippen molar-refractivity contribution in [2.75, 3.05) is 27.2 Å². The molecule has 4 nitrogen and oxygen atoms in total. The molecule has 1 aliphatic heterocycles. The lowest BCUT2D eigenvalue weighted by Gasteiger charge is -2.22. The van der Waals surface area contributed by atoms with Crippen LogP contribution in [0.2, 0.25) is 0 Å². The molecule has 1 heterocycles. The number of rotatable bonds is 2. The van der Waals surface area contributed by atoms with Crippen LogP contribution in [-0.2, 0) is 4.79 Å².